The van der Waals surface area contributed by atoms with Gasteiger partial charge in [0.05, 0.1) is 7.11 Å². The van der Waals surface area contributed by atoms with Crippen molar-refractivity contribution >= 4 is 0 Å². The first kappa shape index (κ1) is 14.3. The maximum Gasteiger partial charge on any atom is 0.174 e. The minimum absolute atomic E-state index is 0.0203. The SMILES string of the molecule is COc1ccc(CNC(C)(C)C)cc1OCC#N. The quantitative estimate of drug-likeness (QED) is 0.869. The normalized spacial score (nSPS) is 10.8. The van der Waals surface area contributed by atoms with Crippen LogP contribution in [0, 0.1) is 11.3 Å². The van der Waals surface area contributed by atoms with Gasteiger partial charge in [-0.05, 0) is 38.5 Å². The molecule has 0 aromatic heterocycles. The number of hydrogen-bond acceptors (Lipinski definition) is 4. The Balaban J connectivity index is 2.79. The van der Waals surface area contributed by atoms with E-state index >= 15 is 0 Å². The molecule has 0 aliphatic rings. The van der Waals surface area contributed by atoms with Gasteiger partial charge in [-0.15, -0.1) is 0 Å². The van der Waals surface area contributed by atoms with E-state index < -0.39 is 0 Å². The standard InChI is InChI=1S/C14H20N2O2/c1-14(2,3)16-10-11-5-6-12(17-4)13(9-11)18-8-7-15/h5-6,9,16H,8,10H2,1-4H3. The highest BCUT2D eigenvalue weighted by Gasteiger charge is 2.10. The van der Waals surface area contributed by atoms with Gasteiger partial charge in [-0.2, -0.15) is 5.26 Å². The van der Waals surface area contributed by atoms with Gasteiger partial charge >= 0.3 is 0 Å². The van der Waals surface area contributed by atoms with Crippen LogP contribution in [0.3, 0.4) is 0 Å². The van der Waals surface area contributed by atoms with Crippen molar-refractivity contribution < 1.29 is 9.47 Å². The van der Waals surface area contributed by atoms with Gasteiger partial charge in [-0.25, -0.2) is 0 Å². The number of nitriles is 1. The van der Waals surface area contributed by atoms with Crippen LogP contribution >= 0.6 is 0 Å². The van der Waals surface area contributed by atoms with E-state index in [1.807, 2.05) is 24.3 Å². The van der Waals surface area contributed by atoms with Crippen LogP contribution in [-0.2, 0) is 6.54 Å². The van der Waals surface area contributed by atoms with Gasteiger partial charge in [0.15, 0.2) is 18.1 Å². The molecule has 0 saturated carbocycles. The van der Waals surface area contributed by atoms with E-state index in [1.165, 1.54) is 0 Å². The van der Waals surface area contributed by atoms with Crippen molar-refractivity contribution in [3.8, 4) is 17.6 Å². The molecule has 0 amide bonds. The Labute approximate surface area is 109 Å². The van der Waals surface area contributed by atoms with Crippen molar-refractivity contribution in [2.75, 3.05) is 13.7 Å². The summed E-state index contributed by atoms with van der Waals surface area (Å²) in [5, 5.41) is 11.9. The van der Waals surface area contributed by atoms with Crippen LogP contribution in [0.15, 0.2) is 18.2 Å². The largest absolute Gasteiger partial charge is 0.493 e. The zero-order valence-electron chi connectivity index (χ0n) is 11.4. The third kappa shape index (κ3) is 4.64. The molecule has 0 fully saturated rings. The Morgan fingerprint density at radius 2 is 2.00 bits per heavy atom. The van der Waals surface area contributed by atoms with Crippen LogP contribution in [0.25, 0.3) is 0 Å². The van der Waals surface area contributed by atoms with Gasteiger partial charge in [0, 0.05) is 12.1 Å². The lowest BCUT2D eigenvalue weighted by Crippen LogP contribution is -2.35. The first-order valence-electron chi connectivity index (χ1n) is 5.88. The number of nitrogens with zero attached hydrogens (tertiary/aromatic N) is 1. The van der Waals surface area contributed by atoms with Gasteiger partial charge in [0.25, 0.3) is 0 Å². The smallest absolute Gasteiger partial charge is 0.174 e. The Hall–Kier alpha value is -1.73. The zero-order valence-corrected chi connectivity index (χ0v) is 11.4. The zero-order chi connectivity index (χ0) is 13.6. The molecule has 0 heterocycles. The second kappa shape index (κ2) is 6.27. The number of nitrogens with one attached hydrogen (secondary N) is 1. The van der Waals surface area contributed by atoms with Gasteiger partial charge in [0.1, 0.15) is 6.07 Å². The predicted octanol–water partition coefficient (Wildman–Crippen LogP) is 2.49. The lowest BCUT2D eigenvalue weighted by molar-refractivity contribution is 0.328. The van der Waals surface area contributed by atoms with Crippen molar-refractivity contribution in [3.05, 3.63) is 23.8 Å². The average Bonchev–Trinajstić information content (AvgIpc) is 2.33. The molecule has 1 N–H and O–H groups in total. The molecule has 0 spiro atoms. The van der Waals surface area contributed by atoms with Gasteiger partial charge in [0.2, 0.25) is 0 Å². The van der Waals surface area contributed by atoms with Crippen LogP contribution in [-0.4, -0.2) is 19.3 Å². The van der Waals surface area contributed by atoms with E-state index in [1.54, 1.807) is 7.11 Å². The molecule has 0 unspecified atom stereocenters. The molecule has 0 aliphatic carbocycles. The van der Waals surface area contributed by atoms with Crippen molar-refractivity contribution in [1.29, 1.82) is 5.26 Å². The number of rotatable bonds is 5. The van der Waals surface area contributed by atoms with Crippen molar-refractivity contribution in [1.82, 2.24) is 5.32 Å². The summed E-state index contributed by atoms with van der Waals surface area (Å²) in [5.41, 5.74) is 1.16. The summed E-state index contributed by atoms with van der Waals surface area (Å²) in [6.07, 6.45) is 0. The Morgan fingerprint density at radius 3 is 2.56 bits per heavy atom. The van der Waals surface area contributed by atoms with E-state index in [-0.39, 0.29) is 12.1 Å². The lowest BCUT2D eigenvalue weighted by Gasteiger charge is -2.21. The highest BCUT2D eigenvalue weighted by atomic mass is 16.5. The van der Waals surface area contributed by atoms with Crippen molar-refractivity contribution in [3.63, 3.8) is 0 Å². The molecule has 4 nitrogen and oxygen atoms in total. The number of ether oxygens (including phenoxy) is 2. The number of benzene rings is 1. The summed E-state index contributed by atoms with van der Waals surface area (Å²) in [5.74, 6) is 1.25. The van der Waals surface area contributed by atoms with Gasteiger partial charge in [-0.3, -0.25) is 0 Å². The van der Waals surface area contributed by atoms with Gasteiger partial charge < -0.3 is 14.8 Å². The van der Waals surface area contributed by atoms with E-state index in [0.717, 1.165) is 12.1 Å². The first-order valence-corrected chi connectivity index (χ1v) is 5.88. The summed E-state index contributed by atoms with van der Waals surface area (Å²) >= 11 is 0. The molecule has 0 bridgehead atoms. The molecule has 18 heavy (non-hydrogen) atoms. The number of hydrogen-bond donors (Lipinski definition) is 1. The van der Waals surface area contributed by atoms with Crippen LogP contribution in [0.5, 0.6) is 11.5 Å². The molecule has 0 saturated heterocycles. The minimum atomic E-state index is 0.0203. The van der Waals surface area contributed by atoms with Gasteiger partial charge in [-0.1, -0.05) is 6.07 Å². The highest BCUT2D eigenvalue weighted by Crippen LogP contribution is 2.28. The average molecular weight is 248 g/mol. The molecule has 0 aliphatic heterocycles. The first-order chi connectivity index (χ1) is 8.46. The maximum absolute atomic E-state index is 8.54. The number of methoxy groups -OCH3 is 1. The third-order valence-corrected chi connectivity index (χ3v) is 2.34. The van der Waals surface area contributed by atoms with Crippen LogP contribution < -0.4 is 14.8 Å². The monoisotopic (exact) mass is 248 g/mol. The lowest BCUT2D eigenvalue weighted by atomic mass is 10.1. The van der Waals surface area contributed by atoms with E-state index in [9.17, 15) is 0 Å². The molecule has 1 aromatic rings. The highest BCUT2D eigenvalue weighted by molar-refractivity contribution is 5.43. The topological polar surface area (TPSA) is 54.3 Å². The second-order valence-corrected chi connectivity index (χ2v) is 5.04. The predicted molar refractivity (Wildman–Crippen MR) is 70.7 cm³/mol. The third-order valence-electron chi connectivity index (χ3n) is 2.34. The van der Waals surface area contributed by atoms with Crippen LogP contribution in [0.4, 0.5) is 0 Å². The molecular weight excluding hydrogens is 228 g/mol. The fourth-order valence-electron chi connectivity index (χ4n) is 1.42. The summed E-state index contributed by atoms with van der Waals surface area (Å²) in [4.78, 5) is 0. The molecule has 4 heteroatoms. The van der Waals surface area contributed by atoms with Crippen LogP contribution in [0.2, 0.25) is 0 Å². The van der Waals surface area contributed by atoms with Crippen molar-refractivity contribution in [2.24, 2.45) is 0 Å². The second-order valence-electron chi connectivity index (χ2n) is 5.04. The molecular formula is C14H20N2O2. The summed E-state index contributed by atoms with van der Waals surface area (Å²) in [7, 11) is 1.58. The minimum Gasteiger partial charge on any atom is -0.493 e. The Morgan fingerprint density at radius 1 is 1.28 bits per heavy atom. The van der Waals surface area contributed by atoms with Crippen LogP contribution in [0.1, 0.15) is 26.3 Å². The Kier molecular flexibility index (Phi) is 4.99. The van der Waals surface area contributed by atoms with Crippen molar-refractivity contribution in [2.45, 2.75) is 32.9 Å². The summed E-state index contributed by atoms with van der Waals surface area (Å²) < 4.78 is 10.5. The molecule has 1 rings (SSSR count). The molecule has 98 valence electrons. The fraction of sp³-hybridized carbons (Fsp3) is 0.500. The fourth-order valence-corrected chi connectivity index (χ4v) is 1.42. The molecule has 1 aromatic carbocycles. The summed E-state index contributed by atoms with van der Waals surface area (Å²) in [6, 6.07) is 7.68. The van der Waals surface area contributed by atoms with E-state index in [0.29, 0.717) is 11.5 Å². The Bertz CT molecular complexity index is 430. The summed E-state index contributed by atoms with van der Waals surface area (Å²) in [6.45, 7) is 7.11. The molecule has 0 atom stereocenters. The van der Waals surface area contributed by atoms with E-state index in [4.69, 9.17) is 14.7 Å². The maximum atomic E-state index is 8.54. The van der Waals surface area contributed by atoms with E-state index in [2.05, 4.69) is 26.1 Å². The molecule has 0 radical (unpaired) electrons.